The smallest absolute Gasteiger partial charge is 0.322 e. The zero-order valence-electron chi connectivity index (χ0n) is 13.0. The molecule has 2 amide bonds. The van der Waals surface area contributed by atoms with Crippen LogP contribution < -0.4 is 10.6 Å². The Morgan fingerprint density at radius 1 is 1.04 bits per heavy atom. The van der Waals surface area contributed by atoms with E-state index in [1.54, 1.807) is 48.5 Å². The fourth-order valence-electron chi connectivity index (χ4n) is 1.95. The molecule has 25 heavy (non-hydrogen) atoms. The Hall–Kier alpha value is -2.93. The summed E-state index contributed by atoms with van der Waals surface area (Å²) >= 11 is 3.28. The van der Waals surface area contributed by atoms with E-state index < -0.39 is 24.3 Å². The first kappa shape index (κ1) is 18.4. The van der Waals surface area contributed by atoms with Crippen molar-refractivity contribution in [2.45, 2.75) is 0 Å². The van der Waals surface area contributed by atoms with Gasteiger partial charge < -0.3 is 15.7 Å². The number of benzene rings is 2. The van der Waals surface area contributed by atoms with E-state index in [1.807, 2.05) is 6.07 Å². The van der Waals surface area contributed by atoms with E-state index in [0.717, 1.165) is 4.47 Å². The summed E-state index contributed by atoms with van der Waals surface area (Å²) in [5, 5.41) is 13.5. The van der Waals surface area contributed by atoms with Gasteiger partial charge in [0.25, 0.3) is 11.8 Å². The van der Waals surface area contributed by atoms with Crippen molar-refractivity contribution in [3.8, 4) is 0 Å². The van der Waals surface area contributed by atoms with E-state index in [2.05, 4.69) is 26.6 Å². The van der Waals surface area contributed by atoms with E-state index in [4.69, 9.17) is 5.11 Å². The summed E-state index contributed by atoms with van der Waals surface area (Å²) < 4.78 is 0.726. The summed E-state index contributed by atoms with van der Waals surface area (Å²) in [5.41, 5.74) is 1.01. The molecule has 0 heterocycles. The average Bonchev–Trinajstić information content (AvgIpc) is 2.60. The number of hydrogen-bond acceptors (Lipinski definition) is 3. The van der Waals surface area contributed by atoms with Crippen molar-refractivity contribution in [3.63, 3.8) is 0 Å². The molecule has 0 aliphatic carbocycles. The van der Waals surface area contributed by atoms with Crippen LogP contribution in [0.2, 0.25) is 0 Å². The van der Waals surface area contributed by atoms with Gasteiger partial charge in [-0.2, -0.15) is 0 Å². The van der Waals surface area contributed by atoms with Crippen LogP contribution in [-0.4, -0.2) is 29.4 Å². The molecular formula is C18H15BrN2O4. The Bertz CT molecular complexity index is 819. The SMILES string of the molecule is O=C(O)CNC(=O)C(=Cc1ccccc1)NC(=O)c1cccc(Br)c1. The highest BCUT2D eigenvalue weighted by Gasteiger charge is 2.15. The van der Waals surface area contributed by atoms with Gasteiger partial charge >= 0.3 is 5.97 Å². The second kappa shape index (κ2) is 8.79. The number of carboxylic acids is 1. The fraction of sp³-hybridized carbons (Fsp3) is 0.0556. The predicted octanol–water partition coefficient (Wildman–Crippen LogP) is 2.42. The number of nitrogens with one attached hydrogen (secondary N) is 2. The second-order valence-electron chi connectivity index (χ2n) is 5.01. The minimum absolute atomic E-state index is 0.0441. The van der Waals surface area contributed by atoms with Crippen LogP contribution >= 0.6 is 15.9 Å². The lowest BCUT2D eigenvalue weighted by atomic mass is 10.1. The molecule has 2 aromatic rings. The zero-order chi connectivity index (χ0) is 18.2. The maximum atomic E-state index is 12.4. The zero-order valence-corrected chi connectivity index (χ0v) is 14.6. The van der Waals surface area contributed by atoms with E-state index in [0.29, 0.717) is 11.1 Å². The summed E-state index contributed by atoms with van der Waals surface area (Å²) in [4.78, 5) is 35.2. The third-order valence-corrected chi connectivity index (χ3v) is 3.58. The summed E-state index contributed by atoms with van der Waals surface area (Å²) in [7, 11) is 0. The Morgan fingerprint density at radius 2 is 1.76 bits per heavy atom. The highest BCUT2D eigenvalue weighted by atomic mass is 79.9. The van der Waals surface area contributed by atoms with E-state index >= 15 is 0 Å². The molecule has 0 saturated heterocycles. The molecule has 3 N–H and O–H groups in total. The quantitative estimate of drug-likeness (QED) is 0.646. The molecule has 0 bridgehead atoms. The molecule has 7 heteroatoms. The van der Waals surface area contributed by atoms with Gasteiger partial charge in [-0.15, -0.1) is 0 Å². The molecule has 0 aromatic heterocycles. The maximum Gasteiger partial charge on any atom is 0.322 e. The molecular weight excluding hydrogens is 388 g/mol. The van der Waals surface area contributed by atoms with Gasteiger partial charge in [-0.1, -0.05) is 52.3 Å². The number of carbonyl (C=O) groups is 3. The Balaban J connectivity index is 2.25. The van der Waals surface area contributed by atoms with Crippen LogP contribution in [0.3, 0.4) is 0 Å². The average molecular weight is 403 g/mol. The lowest BCUT2D eigenvalue weighted by Crippen LogP contribution is -2.37. The molecule has 0 aliphatic heterocycles. The van der Waals surface area contributed by atoms with Crippen molar-refractivity contribution in [1.29, 1.82) is 0 Å². The van der Waals surface area contributed by atoms with Crippen molar-refractivity contribution in [1.82, 2.24) is 10.6 Å². The third kappa shape index (κ3) is 5.89. The Morgan fingerprint density at radius 3 is 2.40 bits per heavy atom. The van der Waals surface area contributed by atoms with E-state index in [-0.39, 0.29) is 5.70 Å². The lowest BCUT2D eigenvalue weighted by molar-refractivity contribution is -0.137. The summed E-state index contributed by atoms with van der Waals surface area (Å²) in [6.07, 6.45) is 1.48. The number of halogens is 1. The van der Waals surface area contributed by atoms with Crippen LogP contribution in [-0.2, 0) is 9.59 Å². The maximum absolute atomic E-state index is 12.4. The topological polar surface area (TPSA) is 95.5 Å². The van der Waals surface area contributed by atoms with Crippen molar-refractivity contribution < 1.29 is 19.5 Å². The fourth-order valence-corrected chi connectivity index (χ4v) is 2.35. The molecule has 0 radical (unpaired) electrons. The van der Waals surface area contributed by atoms with Gasteiger partial charge in [-0.25, -0.2) is 0 Å². The second-order valence-corrected chi connectivity index (χ2v) is 5.93. The highest BCUT2D eigenvalue weighted by Crippen LogP contribution is 2.12. The van der Waals surface area contributed by atoms with Gasteiger partial charge in [-0.05, 0) is 29.8 Å². The van der Waals surface area contributed by atoms with E-state index in [9.17, 15) is 14.4 Å². The Labute approximate surface area is 152 Å². The molecule has 2 aromatic carbocycles. The minimum Gasteiger partial charge on any atom is -0.480 e. The molecule has 0 saturated carbocycles. The van der Waals surface area contributed by atoms with Crippen LogP contribution in [0.5, 0.6) is 0 Å². The molecule has 128 valence electrons. The van der Waals surface area contributed by atoms with Crippen LogP contribution in [0.15, 0.2) is 64.8 Å². The van der Waals surface area contributed by atoms with Crippen molar-refractivity contribution >= 4 is 39.8 Å². The number of carboxylic acid groups (broad SMARTS) is 1. The molecule has 0 fully saturated rings. The number of amides is 2. The number of aliphatic carboxylic acids is 1. The molecule has 0 spiro atoms. The van der Waals surface area contributed by atoms with Gasteiger partial charge in [0.1, 0.15) is 12.2 Å². The first-order chi connectivity index (χ1) is 12.0. The monoisotopic (exact) mass is 402 g/mol. The van der Waals surface area contributed by atoms with Crippen molar-refractivity contribution in [3.05, 3.63) is 75.9 Å². The van der Waals surface area contributed by atoms with Crippen LogP contribution in [0, 0.1) is 0 Å². The highest BCUT2D eigenvalue weighted by molar-refractivity contribution is 9.10. The summed E-state index contributed by atoms with van der Waals surface area (Å²) in [6.45, 7) is -0.544. The van der Waals surface area contributed by atoms with Gasteiger partial charge in [0, 0.05) is 10.0 Å². The van der Waals surface area contributed by atoms with Crippen LogP contribution in [0.25, 0.3) is 6.08 Å². The largest absolute Gasteiger partial charge is 0.480 e. The van der Waals surface area contributed by atoms with Crippen LogP contribution in [0.4, 0.5) is 0 Å². The van der Waals surface area contributed by atoms with Crippen molar-refractivity contribution in [2.75, 3.05) is 6.54 Å². The summed E-state index contributed by atoms with van der Waals surface area (Å²) in [5.74, 6) is -2.34. The minimum atomic E-state index is -1.18. The lowest BCUT2D eigenvalue weighted by Gasteiger charge is -2.10. The standard InChI is InChI=1S/C18H15BrN2O4/c19-14-8-4-7-13(10-14)17(24)21-15(18(25)20-11-16(22)23)9-12-5-2-1-3-6-12/h1-10H,11H2,(H,20,25)(H,21,24)(H,22,23). The van der Waals surface area contributed by atoms with Crippen molar-refractivity contribution in [2.24, 2.45) is 0 Å². The van der Waals surface area contributed by atoms with Gasteiger partial charge in [0.2, 0.25) is 0 Å². The summed E-state index contributed by atoms with van der Waals surface area (Å²) in [6, 6.07) is 15.6. The number of carbonyl (C=O) groups excluding carboxylic acids is 2. The number of rotatable bonds is 6. The third-order valence-electron chi connectivity index (χ3n) is 3.09. The van der Waals surface area contributed by atoms with Gasteiger partial charge in [-0.3, -0.25) is 14.4 Å². The normalized spacial score (nSPS) is 10.8. The molecule has 0 unspecified atom stereocenters. The molecule has 2 rings (SSSR count). The molecule has 0 aliphatic rings. The van der Waals surface area contributed by atoms with Gasteiger partial charge in [0.15, 0.2) is 0 Å². The first-order valence-electron chi connectivity index (χ1n) is 7.29. The Kier molecular flexibility index (Phi) is 6.47. The molecule has 0 atom stereocenters. The van der Waals surface area contributed by atoms with Gasteiger partial charge in [0.05, 0.1) is 0 Å². The first-order valence-corrected chi connectivity index (χ1v) is 8.08. The van der Waals surface area contributed by atoms with E-state index in [1.165, 1.54) is 6.08 Å². The predicted molar refractivity (Wildman–Crippen MR) is 96.7 cm³/mol. The van der Waals surface area contributed by atoms with Crippen LogP contribution in [0.1, 0.15) is 15.9 Å². The number of hydrogen-bond donors (Lipinski definition) is 3. The molecule has 6 nitrogen and oxygen atoms in total.